The van der Waals surface area contributed by atoms with Crippen molar-refractivity contribution in [2.24, 2.45) is 0 Å². The largest absolute Gasteiger partial charge is 0.462 e. The number of esters is 3. The highest BCUT2D eigenvalue weighted by atomic mass is 16.6. The van der Waals surface area contributed by atoms with Crippen molar-refractivity contribution >= 4 is 17.9 Å². The molecule has 0 N–H and O–H groups in total. The summed E-state index contributed by atoms with van der Waals surface area (Å²) in [6.45, 7) is 6.48. The number of carbonyl (C=O) groups is 3. The molecule has 0 heterocycles. The average molecular weight is 921 g/mol. The Bertz CT molecular complexity index is 1240. The van der Waals surface area contributed by atoms with Gasteiger partial charge in [0, 0.05) is 19.3 Å². The van der Waals surface area contributed by atoms with E-state index in [1.54, 1.807) is 0 Å². The number of allylic oxidation sites excluding steroid dienone is 12. The van der Waals surface area contributed by atoms with Crippen molar-refractivity contribution in [1.82, 2.24) is 0 Å². The third kappa shape index (κ3) is 51.8. The first-order valence-corrected chi connectivity index (χ1v) is 27.9. The quantitative estimate of drug-likeness (QED) is 0.0262. The standard InChI is InChI=1S/C60H104O6/c1-4-7-10-13-16-19-22-25-27-29-30-32-33-35-38-41-44-47-50-53-59(62)65-56-57(55-64-58(61)52-49-46-43-40-37-24-21-18-15-12-9-6-3)66-60(63)54-51-48-45-42-39-36-34-31-28-26-23-20-17-14-11-8-5-2/h7,10,16,19,25,27,30,32,35,38,44,47,57H,4-6,8-9,11-15,17-18,20-24,26,28-29,31,33-34,36-37,39-43,45-46,48-56H2,1-3H3/b10-7-,19-16-,27-25-,32-30-,38-35-,47-44-/t57-/m0/s1. The minimum Gasteiger partial charge on any atom is -0.462 e. The van der Waals surface area contributed by atoms with E-state index in [4.69, 9.17) is 14.2 Å². The summed E-state index contributed by atoms with van der Waals surface area (Å²) >= 11 is 0. The second kappa shape index (κ2) is 54.5. The molecule has 66 heavy (non-hydrogen) atoms. The van der Waals surface area contributed by atoms with Crippen molar-refractivity contribution in [3.8, 4) is 0 Å². The number of carbonyl (C=O) groups excluding carboxylic acids is 3. The summed E-state index contributed by atoms with van der Waals surface area (Å²) in [5, 5.41) is 0. The van der Waals surface area contributed by atoms with Gasteiger partial charge in [0.15, 0.2) is 6.10 Å². The van der Waals surface area contributed by atoms with E-state index in [1.165, 1.54) is 148 Å². The maximum Gasteiger partial charge on any atom is 0.306 e. The fraction of sp³-hybridized carbons (Fsp3) is 0.750. The number of hydrogen-bond donors (Lipinski definition) is 0. The van der Waals surface area contributed by atoms with Gasteiger partial charge in [0.1, 0.15) is 13.2 Å². The van der Waals surface area contributed by atoms with Crippen molar-refractivity contribution in [3.05, 3.63) is 72.9 Å². The van der Waals surface area contributed by atoms with Crippen LogP contribution in [0.25, 0.3) is 0 Å². The highest BCUT2D eigenvalue weighted by Gasteiger charge is 2.19. The lowest BCUT2D eigenvalue weighted by molar-refractivity contribution is -0.166. The smallest absolute Gasteiger partial charge is 0.306 e. The Morgan fingerprint density at radius 3 is 0.924 bits per heavy atom. The van der Waals surface area contributed by atoms with E-state index < -0.39 is 6.10 Å². The van der Waals surface area contributed by atoms with Crippen LogP contribution in [0.5, 0.6) is 0 Å². The van der Waals surface area contributed by atoms with Crippen LogP contribution in [-0.2, 0) is 28.6 Å². The summed E-state index contributed by atoms with van der Waals surface area (Å²) < 4.78 is 16.8. The van der Waals surface area contributed by atoms with Crippen LogP contribution >= 0.6 is 0 Å². The summed E-state index contributed by atoms with van der Waals surface area (Å²) in [6, 6.07) is 0. The summed E-state index contributed by atoms with van der Waals surface area (Å²) in [4.78, 5) is 38.0. The first kappa shape index (κ1) is 62.8. The zero-order valence-electron chi connectivity index (χ0n) is 43.4. The van der Waals surface area contributed by atoms with E-state index in [9.17, 15) is 14.4 Å². The second-order valence-corrected chi connectivity index (χ2v) is 18.5. The molecule has 0 rings (SSSR count). The Hall–Kier alpha value is -3.15. The van der Waals surface area contributed by atoms with Crippen molar-refractivity contribution in [1.29, 1.82) is 0 Å². The van der Waals surface area contributed by atoms with Gasteiger partial charge in [-0.25, -0.2) is 0 Å². The molecule has 0 saturated carbocycles. The fourth-order valence-electron chi connectivity index (χ4n) is 7.82. The van der Waals surface area contributed by atoms with Crippen LogP contribution in [0, 0.1) is 0 Å². The van der Waals surface area contributed by atoms with Gasteiger partial charge in [-0.05, 0) is 57.8 Å². The summed E-state index contributed by atoms with van der Waals surface area (Å²) in [5.41, 5.74) is 0. The van der Waals surface area contributed by atoms with Crippen molar-refractivity contribution in [3.63, 3.8) is 0 Å². The molecular formula is C60H104O6. The van der Waals surface area contributed by atoms with Crippen molar-refractivity contribution in [2.75, 3.05) is 13.2 Å². The minimum atomic E-state index is -0.802. The highest BCUT2D eigenvalue weighted by Crippen LogP contribution is 2.16. The zero-order chi connectivity index (χ0) is 47.9. The van der Waals surface area contributed by atoms with E-state index in [0.717, 1.165) is 77.0 Å². The maximum atomic E-state index is 12.8. The zero-order valence-corrected chi connectivity index (χ0v) is 43.4. The topological polar surface area (TPSA) is 78.9 Å². The Balaban J connectivity index is 4.45. The maximum absolute atomic E-state index is 12.8. The molecule has 0 spiro atoms. The molecule has 0 fully saturated rings. The number of unbranched alkanes of at least 4 members (excludes halogenated alkanes) is 27. The first-order chi connectivity index (χ1) is 32.5. The summed E-state index contributed by atoms with van der Waals surface area (Å²) in [7, 11) is 0. The molecule has 6 heteroatoms. The van der Waals surface area contributed by atoms with Gasteiger partial charge in [0.05, 0.1) is 0 Å². The summed E-state index contributed by atoms with van der Waals surface area (Å²) in [5.74, 6) is -0.973. The average Bonchev–Trinajstić information content (AvgIpc) is 3.31. The number of rotatable bonds is 50. The minimum absolute atomic E-state index is 0.0949. The lowest BCUT2D eigenvalue weighted by atomic mass is 10.0. The normalized spacial score (nSPS) is 12.6. The van der Waals surface area contributed by atoms with Crippen molar-refractivity contribution < 1.29 is 28.6 Å². The molecule has 0 aromatic rings. The van der Waals surface area contributed by atoms with Gasteiger partial charge in [-0.1, -0.05) is 267 Å². The molecule has 0 bridgehead atoms. The van der Waals surface area contributed by atoms with Gasteiger partial charge < -0.3 is 14.2 Å². The molecule has 0 aromatic carbocycles. The number of ether oxygens (including phenoxy) is 3. The molecule has 0 aromatic heterocycles. The van der Waals surface area contributed by atoms with Crippen LogP contribution in [-0.4, -0.2) is 37.2 Å². The van der Waals surface area contributed by atoms with Gasteiger partial charge in [0.25, 0.3) is 0 Å². The van der Waals surface area contributed by atoms with E-state index in [0.29, 0.717) is 19.3 Å². The van der Waals surface area contributed by atoms with Crippen molar-refractivity contribution in [2.45, 2.75) is 277 Å². The van der Waals surface area contributed by atoms with Crippen LogP contribution in [0.4, 0.5) is 0 Å². The van der Waals surface area contributed by atoms with Crippen LogP contribution in [0.15, 0.2) is 72.9 Å². The van der Waals surface area contributed by atoms with Crippen LogP contribution < -0.4 is 0 Å². The van der Waals surface area contributed by atoms with Gasteiger partial charge in [-0.3, -0.25) is 14.4 Å². The molecule has 0 aliphatic rings. The Kier molecular flexibility index (Phi) is 51.9. The van der Waals surface area contributed by atoms with Gasteiger partial charge in [0.2, 0.25) is 0 Å². The lowest BCUT2D eigenvalue weighted by Crippen LogP contribution is -2.30. The molecule has 6 nitrogen and oxygen atoms in total. The Labute approximate surface area is 408 Å². The van der Waals surface area contributed by atoms with Gasteiger partial charge in [-0.15, -0.1) is 0 Å². The third-order valence-corrected chi connectivity index (χ3v) is 12.0. The monoisotopic (exact) mass is 921 g/mol. The predicted octanol–water partition coefficient (Wildman–Crippen LogP) is 18.6. The molecule has 0 amide bonds. The lowest BCUT2D eigenvalue weighted by Gasteiger charge is -2.18. The molecule has 380 valence electrons. The van der Waals surface area contributed by atoms with Crippen LogP contribution in [0.2, 0.25) is 0 Å². The molecular weight excluding hydrogens is 817 g/mol. The Morgan fingerprint density at radius 1 is 0.318 bits per heavy atom. The molecule has 0 saturated heterocycles. The van der Waals surface area contributed by atoms with E-state index >= 15 is 0 Å². The predicted molar refractivity (Wildman–Crippen MR) is 284 cm³/mol. The SMILES string of the molecule is CC/C=C\C/C=C\C/C=C\C/C=C\C/C=C\C/C=C\CCC(=O)OC[C@H](COC(=O)CCCCCCCCCCCCCC)OC(=O)CCCCCCCCCCCCCCCCCCC. The van der Waals surface area contributed by atoms with Gasteiger partial charge in [-0.2, -0.15) is 0 Å². The highest BCUT2D eigenvalue weighted by molar-refractivity contribution is 5.71. The Morgan fingerprint density at radius 2 is 0.591 bits per heavy atom. The molecule has 0 unspecified atom stereocenters. The molecule has 0 aliphatic heterocycles. The third-order valence-electron chi connectivity index (χ3n) is 12.0. The van der Waals surface area contributed by atoms with E-state index in [2.05, 4.69) is 87.6 Å². The van der Waals surface area contributed by atoms with E-state index in [-0.39, 0.29) is 37.5 Å². The molecule has 0 radical (unpaired) electrons. The van der Waals surface area contributed by atoms with E-state index in [1.807, 2.05) is 6.08 Å². The van der Waals surface area contributed by atoms with Gasteiger partial charge >= 0.3 is 17.9 Å². The number of hydrogen-bond acceptors (Lipinski definition) is 6. The van der Waals surface area contributed by atoms with Crippen LogP contribution in [0.3, 0.4) is 0 Å². The molecule has 0 aliphatic carbocycles. The van der Waals surface area contributed by atoms with Crippen LogP contribution in [0.1, 0.15) is 271 Å². The second-order valence-electron chi connectivity index (χ2n) is 18.5. The fourth-order valence-corrected chi connectivity index (χ4v) is 7.82. The molecule has 1 atom stereocenters. The first-order valence-electron chi connectivity index (χ1n) is 27.9. The summed E-state index contributed by atoms with van der Waals surface area (Å²) in [6.07, 6.45) is 69.0.